The van der Waals surface area contributed by atoms with Crippen molar-refractivity contribution in [3.8, 4) is 11.4 Å². The Hall–Kier alpha value is -2.23. The number of hydrogen-bond donors (Lipinski definition) is 1. The first-order valence-corrected chi connectivity index (χ1v) is 6.60. The second kappa shape index (κ2) is 5.18. The molecule has 1 N–H and O–H groups in total. The predicted molar refractivity (Wildman–Crippen MR) is 72.3 cm³/mol. The van der Waals surface area contributed by atoms with Gasteiger partial charge in [-0.05, 0) is 28.5 Å². The van der Waals surface area contributed by atoms with Crippen LogP contribution in [0.4, 0.5) is 11.6 Å². The van der Waals surface area contributed by atoms with Crippen LogP contribution in [0.3, 0.4) is 0 Å². The Morgan fingerprint density at radius 2 is 2.32 bits per heavy atom. The van der Waals surface area contributed by atoms with E-state index in [2.05, 4.69) is 30.8 Å². The number of rotatable bonds is 3. The van der Waals surface area contributed by atoms with Crippen molar-refractivity contribution in [2.75, 3.05) is 5.32 Å². The molecule has 0 saturated heterocycles. The topological polar surface area (TPSA) is 64.8 Å². The van der Waals surface area contributed by atoms with Gasteiger partial charge in [-0.25, -0.2) is 9.97 Å². The van der Waals surface area contributed by atoms with Crippen molar-refractivity contribution in [2.24, 2.45) is 0 Å². The Balaban J connectivity index is 1.94. The lowest BCUT2D eigenvalue weighted by molar-refractivity contribution is -0.275. The van der Waals surface area contributed by atoms with Crippen LogP contribution < -0.4 is 10.3 Å². The Morgan fingerprint density at radius 1 is 1.37 bits per heavy atom. The summed E-state index contributed by atoms with van der Waals surface area (Å²) in [5.41, 5.74) is 4.84. The molecule has 92 valence electrons. The van der Waals surface area contributed by atoms with Crippen molar-refractivity contribution in [2.45, 2.75) is 0 Å². The summed E-state index contributed by atoms with van der Waals surface area (Å²) < 4.78 is 0. The van der Waals surface area contributed by atoms with E-state index in [0.29, 0.717) is 22.4 Å². The van der Waals surface area contributed by atoms with Crippen LogP contribution in [0.2, 0.25) is 5.02 Å². The third-order valence-corrected chi connectivity index (χ3v) is 3.11. The van der Waals surface area contributed by atoms with E-state index >= 15 is 0 Å². The van der Waals surface area contributed by atoms with Crippen LogP contribution in [0, 0.1) is 5.51 Å². The normalized spacial score (nSPS) is 9.95. The van der Waals surface area contributed by atoms with Crippen molar-refractivity contribution in [1.29, 1.82) is 0 Å². The number of nitrogens with one attached hydrogen (secondary N) is 1. The highest BCUT2D eigenvalue weighted by Gasteiger charge is 2.17. The first kappa shape index (κ1) is 11.8. The minimum absolute atomic E-state index is 0.445. The third kappa shape index (κ3) is 2.62. The van der Waals surface area contributed by atoms with E-state index in [-0.39, 0.29) is 0 Å². The SMILES string of the molecule is Clc1cnc(Nc2cccnc2)nc1-c1csc#[n+]1. The fourth-order valence-corrected chi connectivity index (χ4v) is 2.13. The molecule has 7 heteroatoms. The van der Waals surface area contributed by atoms with Crippen molar-refractivity contribution >= 4 is 34.6 Å². The maximum atomic E-state index is 6.08. The van der Waals surface area contributed by atoms with Crippen molar-refractivity contribution < 1.29 is 4.98 Å². The Bertz CT molecular complexity index is 672. The molecule has 0 bridgehead atoms. The van der Waals surface area contributed by atoms with Gasteiger partial charge >= 0.3 is 11.2 Å². The van der Waals surface area contributed by atoms with Crippen molar-refractivity contribution in [1.82, 2.24) is 15.0 Å². The Labute approximate surface area is 118 Å². The number of anilines is 2. The number of halogens is 1. The van der Waals surface area contributed by atoms with E-state index < -0.39 is 0 Å². The standard InChI is InChI=1S/C12H7ClN5S/c13-9-5-15-12(17-8-2-1-3-14-4-8)18-11(9)10-6-19-7-16-10/h1-6H,(H,15,17,18)/q+1. The van der Waals surface area contributed by atoms with Gasteiger partial charge in [0.2, 0.25) is 5.95 Å². The molecule has 0 aliphatic rings. The van der Waals surface area contributed by atoms with Gasteiger partial charge in [0.1, 0.15) is 0 Å². The lowest BCUT2D eigenvalue weighted by atomic mass is 10.3. The number of nitrogens with zero attached hydrogens (tertiary/aromatic N) is 4. The van der Waals surface area contributed by atoms with E-state index in [1.54, 1.807) is 18.6 Å². The second-order valence-corrected chi connectivity index (χ2v) is 4.64. The van der Waals surface area contributed by atoms with Crippen LogP contribution in [0.5, 0.6) is 0 Å². The monoisotopic (exact) mass is 288 g/mol. The van der Waals surface area contributed by atoms with Crippen LogP contribution in [0.25, 0.3) is 11.4 Å². The molecule has 0 saturated carbocycles. The average Bonchev–Trinajstić information content (AvgIpc) is 2.96. The quantitative estimate of drug-likeness (QED) is 0.802. The average molecular weight is 289 g/mol. The molecule has 0 spiro atoms. The van der Waals surface area contributed by atoms with Crippen molar-refractivity contribution in [3.05, 3.63) is 46.6 Å². The van der Waals surface area contributed by atoms with Crippen LogP contribution in [0.1, 0.15) is 0 Å². The molecule has 0 radical (unpaired) electrons. The molecule has 3 aromatic heterocycles. The molecule has 0 unspecified atom stereocenters. The summed E-state index contributed by atoms with van der Waals surface area (Å²) in [5, 5.41) is 5.35. The van der Waals surface area contributed by atoms with E-state index in [1.165, 1.54) is 11.3 Å². The van der Waals surface area contributed by atoms with Gasteiger partial charge in [-0.15, -0.1) is 0 Å². The summed E-state index contributed by atoms with van der Waals surface area (Å²) in [6.07, 6.45) is 4.93. The highest BCUT2D eigenvalue weighted by molar-refractivity contribution is 7.06. The van der Waals surface area contributed by atoms with Crippen LogP contribution in [0.15, 0.2) is 36.1 Å². The van der Waals surface area contributed by atoms with Crippen LogP contribution in [-0.2, 0) is 0 Å². The van der Waals surface area contributed by atoms with Gasteiger partial charge < -0.3 is 5.32 Å². The van der Waals surface area contributed by atoms with E-state index in [4.69, 9.17) is 11.6 Å². The molecule has 19 heavy (non-hydrogen) atoms. The summed E-state index contributed by atoms with van der Waals surface area (Å²) in [5.74, 6) is 0.445. The van der Waals surface area contributed by atoms with Gasteiger partial charge in [-0.3, -0.25) is 4.98 Å². The minimum atomic E-state index is 0.445. The van der Waals surface area contributed by atoms with E-state index in [9.17, 15) is 0 Å². The zero-order valence-corrected chi connectivity index (χ0v) is 11.1. The highest BCUT2D eigenvalue weighted by Crippen LogP contribution is 2.24. The van der Waals surface area contributed by atoms with Gasteiger partial charge in [-0.2, -0.15) is 0 Å². The molecule has 3 rings (SSSR count). The van der Waals surface area contributed by atoms with Crippen molar-refractivity contribution in [3.63, 3.8) is 0 Å². The first-order chi connectivity index (χ1) is 9.33. The van der Waals surface area contributed by atoms with Crippen LogP contribution >= 0.6 is 22.9 Å². The second-order valence-electron chi connectivity index (χ2n) is 3.58. The smallest absolute Gasteiger partial charge is 0.323 e. The first-order valence-electron chi connectivity index (χ1n) is 5.34. The number of aromatic nitrogens is 4. The fourth-order valence-electron chi connectivity index (χ4n) is 1.47. The fraction of sp³-hybridized carbons (Fsp3) is 0. The summed E-state index contributed by atoms with van der Waals surface area (Å²) in [4.78, 5) is 16.6. The highest BCUT2D eigenvalue weighted by atomic mass is 35.5. The lowest BCUT2D eigenvalue weighted by Gasteiger charge is -2.04. The molecule has 5 nitrogen and oxygen atoms in total. The largest absolute Gasteiger partial charge is 0.382 e. The molecule has 0 aromatic carbocycles. The van der Waals surface area contributed by atoms with E-state index in [0.717, 1.165) is 5.69 Å². The predicted octanol–water partition coefficient (Wildman–Crippen LogP) is 2.40. The van der Waals surface area contributed by atoms with Crippen LogP contribution in [-0.4, -0.2) is 15.0 Å². The van der Waals surface area contributed by atoms with Gasteiger partial charge in [0.25, 0.3) is 0 Å². The Kier molecular flexibility index (Phi) is 3.23. The molecule has 0 atom stereocenters. The Morgan fingerprint density at radius 3 is 3.05 bits per heavy atom. The summed E-state index contributed by atoms with van der Waals surface area (Å²) in [6, 6.07) is 3.70. The number of hydrogen-bond acceptors (Lipinski definition) is 5. The van der Waals surface area contributed by atoms with Gasteiger partial charge in [-0.1, -0.05) is 11.6 Å². The molecular formula is C12H7ClN5S+. The molecule has 3 heterocycles. The van der Waals surface area contributed by atoms with Gasteiger partial charge in [0.15, 0.2) is 5.69 Å². The van der Waals surface area contributed by atoms with E-state index in [1.807, 2.05) is 17.5 Å². The summed E-state index contributed by atoms with van der Waals surface area (Å²) >= 11 is 7.44. The van der Waals surface area contributed by atoms with Gasteiger partial charge in [0, 0.05) is 6.20 Å². The maximum Gasteiger partial charge on any atom is 0.382 e. The molecule has 0 amide bonds. The lowest BCUT2D eigenvalue weighted by Crippen LogP contribution is -2.01. The zero-order chi connectivity index (χ0) is 13.1. The van der Waals surface area contributed by atoms with Gasteiger partial charge in [0.05, 0.1) is 28.5 Å². The molecular weight excluding hydrogens is 282 g/mol. The molecule has 3 aromatic rings. The third-order valence-electron chi connectivity index (χ3n) is 2.29. The zero-order valence-electron chi connectivity index (χ0n) is 9.54. The minimum Gasteiger partial charge on any atom is -0.323 e. The maximum absolute atomic E-state index is 6.08. The number of pyridine rings is 1. The molecule has 0 aliphatic carbocycles. The molecule has 0 aliphatic heterocycles. The molecule has 0 fully saturated rings. The summed E-state index contributed by atoms with van der Waals surface area (Å²) in [6.45, 7) is 0. The summed E-state index contributed by atoms with van der Waals surface area (Å²) in [7, 11) is 0.